The van der Waals surface area contributed by atoms with E-state index in [9.17, 15) is 13.2 Å². The molecule has 1 unspecified atom stereocenters. The molecule has 1 aliphatic carbocycles. The fourth-order valence-electron chi connectivity index (χ4n) is 1.91. The van der Waals surface area contributed by atoms with E-state index in [0.717, 1.165) is 12.8 Å². The second-order valence-electron chi connectivity index (χ2n) is 4.73. The Balaban J connectivity index is 2.63. The van der Waals surface area contributed by atoms with Crippen LogP contribution >= 0.6 is 0 Å². The molecule has 1 rings (SSSR count). The van der Waals surface area contributed by atoms with E-state index in [-0.39, 0.29) is 12.6 Å². The van der Waals surface area contributed by atoms with Crippen LogP contribution < -0.4 is 5.32 Å². The summed E-state index contributed by atoms with van der Waals surface area (Å²) in [5.41, 5.74) is -0.914. The molecule has 1 saturated carbocycles. The average Bonchev–Trinajstić information content (AvgIpc) is 2.98. The molecule has 1 fully saturated rings. The zero-order valence-electron chi connectivity index (χ0n) is 10.1. The van der Waals surface area contributed by atoms with Gasteiger partial charge in [0.2, 0.25) is 0 Å². The fourth-order valence-corrected chi connectivity index (χ4v) is 1.91. The fraction of sp³-hybridized carbons (Fsp3) is 0.909. The van der Waals surface area contributed by atoms with Crippen LogP contribution in [0.25, 0.3) is 0 Å². The lowest BCUT2D eigenvalue weighted by molar-refractivity contribution is -0.148. The van der Waals surface area contributed by atoms with Crippen molar-refractivity contribution in [2.75, 3.05) is 19.6 Å². The molecule has 0 heterocycles. The summed E-state index contributed by atoms with van der Waals surface area (Å²) in [6.07, 6.45) is -2.61. The van der Waals surface area contributed by atoms with Gasteiger partial charge >= 0.3 is 6.18 Å². The number of rotatable bonds is 6. The maximum Gasteiger partial charge on any atom is 0.401 e. The molecule has 98 valence electrons. The van der Waals surface area contributed by atoms with Crippen molar-refractivity contribution in [1.82, 2.24) is 10.2 Å². The van der Waals surface area contributed by atoms with Gasteiger partial charge in [-0.25, -0.2) is 0 Å². The highest BCUT2D eigenvalue weighted by Crippen LogP contribution is 2.31. The second-order valence-corrected chi connectivity index (χ2v) is 4.73. The Morgan fingerprint density at radius 3 is 2.29 bits per heavy atom. The van der Waals surface area contributed by atoms with Gasteiger partial charge in [0.25, 0.3) is 0 Å². The molecule has 0 aromatic rings. The summed E-state index contributed by atoms with van der Waals surface area (Å²) in [6.45, 7) is 3.22. The first-order valence-corrected chi connectivity index (χ1v) is 5.77. The molecular formula is C11H18F3N3. The first-order chi connectivity index (χ1) is 7.79. The van der Waals surface area contributed by atoms with Crippen molar-refractivity contribution in [2.24, 2.45) is 0 Å². The van der Waals surface area contributed by atoms with Crippen LogP contribution in [0.4, 0.5) is 13.2 Å². The zero-order valence-corrected chi connectivity index (χ0v) is 10.1. The van der Waals surface area contributed by atoms with Gasteiger partial charge in [-0.15, -0.1) is 0 Å². The van der Waals surface area contributed by atoms with Gasteiger partial charge in [0, 0.05) is 12.6 Å². The molecule has 0 amide bonds. The summed E-state index contributed by atoms with van der Waals surface area (Å²) in [6, 6.07) is 2.05. The number of likely N-dealkylation sites (N-methyl/N-ethyl adjacent to an activating group) is 1. The molecule has 1 aliphatic rings. The van der Waals surface area contributed by atoms with Crippen LogP contribution in [0.15, 0.2) is 0 Å². The van der Waals surface area contributed by atoms with Crippen molar-refractivity contribution in [3.63, 3.8) is 0 Å². The van der Waals surface area contributed by atoms with Crippen molar-refractivity contribution in [2.45, 2.75) is 44.4 Å². The molecule has 0 saturated heterocycles. The predicted octanol–water partition coefficient (Wildman–Crippen LogP) is 1.90. The highest BCUT2D eigenvalue weighted by Gasteiger charge is 2.41. The summed E-state index contributed by atoms with van der Waals surface area (Å²) in [4.78, 5) is 1.37. The Kier molecular flexibility index (Phi) is 4.39. The topological polar surface area (TPSA) is 39.1 Å². The van der Waals surface area contributed by atoms with Gasteiger partial charge in [0.05, 0.1) is 12.6 Å². The van der Waals surface area contributed by atoms with Gasteiger partial charge in [-0.1, -0.05) is 6.92 Å². The summed E-state index contributed by atoms with van der Waals surface area (Å²) in [5.74, 6) is 0. The zero-order chi connectivity index (χ0) is 13.1. The number of hydrogen-bond acceptors (Lipinski definition) is 3. The Bertz CT molecular complexity index is 293. The lowest BCUT2D eigenvalue weighted by Gasteiger charge is -2.31. The smallest absolute Gasteiger partial charge is 0.299 e. The highest BCUT2D eigenvalue weighted by atomic mass is 19.4. The Hall–Kier alpha value is -0.800. The molecule has 0 radical (unpaired) electrons. The third kappa shape index (κ3) is 4.92. The van der Waals surface area contributed by atoms with Crippen molar-refractivity contribution in [1.29, 1.82) is 5.26 Å². The minimum Gasteiger partial charge on any atom is -0.299 e. The predicted molar refractivity (Wildman–Crippen MR) is 58.3 cm³/mol. The Morgan fingerprint density at radius 1 is 1.35 bits per heavy atom. The lowest BCUT2D eigenvalue weighted by atomic mass is 10.0. The SMILES string of the molecule is CCNC(C)(C#N)CN(CC(F)(F)F)C1CC1. The Labute approximate surface area is 99.6 Å². The Morgan fingerprint density at radius 2 is 1.94 bits per heavy atom. The van der Waals surface area contributed by atoms with E-state index in [4.69, 9.17) is 5.26 Å². The standard InChI is InChI=1S/C11H18F3N3/c1-3-16-10(2,6-15)7-17(9-4-5-9)8-11(12,13)14/h9,16H,3-5,7-8H2,1-2H3. The molecule has 3 nitrogen and oxygen atoms in total. The summed E-state index contributed by atoms with van der Waals surface area (Å²) in [7, 11) is 0. The molecular weight excluding hydrogens is 231 g/mol. The van der Waals surface area contributed by atoms with Gasteiger partial charge < -0.3 is 0 Å². The summed E-state index contributed by atoms with van der Waals surface area (Å²) in [5, 5.41) is 12.0. The third-order valence-electron chi connectivity index (χ3n) is 2.78. The average molecular weight is 249 g/mol. The number of nitrogens with one attached hydrogen (secondary N) is 1. The number of nitriles is 1. The molecule has 0 aliphatic heterocycles. The van der Waals surface area contributed by atoms with Crippen LogP contribution in [0, 0.1) is 11.3 Å². The molecule has 17 heavy (non-hydrogen) atoms. The first kappa shape index (κ1) is 14.3. The van der Waals surface area contributed by atoms with Crippen LogP contribution in [0.2, 0.25) is 0 Å². The molecule has 0 aromatic heterocycles. The maximum atomic E-state index is 12.4. The van der Waals surface area contributed by atoms with E-state index in [1.165, 1.54) is 4.90 Å². The monoisotopic (exact) mass is 249 g/mol. The molecule has 1 atom stereocenters. The van der Waals surface area contributed by atoms with Gasteiger partial charge in [-0.05, 0) is 26.3 Å². The van der Waals surface area contributed by atoms with E-state index in [1.54, 1.807) is 6.92 Å². The van der Waals surface area contributed by atoms with Crippen molar-refractivity contribution < 1.29 is 13.2 Å². The molecule has 6 heteroatoms. The number of halogens is 3. The number of hydrogen-bond donors (Lipinski definition) is 1. The van der Waals surface area contributed by atoms with Crippen LogP contribution in [0.3, 0.4) is 0 Å². The van der Waals surface area contributed by atoms with Crippen molar-refractivity contribution >= 4 is 0 Å². The van der Waals surface area contributed by atoms with Gasteiger partial charge in [-0.3, -0.25) is 10.2 Å². The van der Waals surface area contributed by atoms with Crippen molar-refractivity contribution in [3.05, 3.63) is 0 Å². The van der Waals surface area contributed by atoms with Gasteiger partial charge in [-0.2, -0.15) is 18.4 Å². The number of nitrogens with zero attached hydrogens (tertiary/aromatic N) is 2. The highest BCUT2D eigenvalue weighted by molar-refractivity contribution is 5.07. The third-order valence-corrected chi connectivity index (χ3v) is 2.78. The largest absolute Gasteiger partial charge is 0.401 e. The quantitative estimate of drug-likeness (QED) is 0.781. The minimum absolute atomic E-state index is 0.0112. The van der Waals surface area contributed by atoms with Crippen molar-refractivity contribution in [3.8, 4) is 6.07 Å². The van der Waals surface area contributed by atoms with E-state index in [0.29, 0.717) is 6.54 Å². The molecule has 0 spiro atoms. The lowest BCUT2D eigenvalue weighted by Crippen LogP contribution is -2.52. The molecule has 0 bridgehead atoms. The number of alkyl halides is 3. The van der Waals surface area contributed by atoms with Crippen LogP contribution in [0.1, 0.15) is 26.7 Å². The van der Waals surface area contributed by atoms with Crippen LogP contribution in [-0.2, 0) is 0 Å². The molecule has 1 N–H and O–H groups in total. The second kappa shape index (κ2) is 5.23. The van der Waals surface area contributed by atoms with Crippen LogP contribution in [0.5, 0.6) is 0 Å². The van der Waals surface area contributed by atoms with E-state index >= 15 is 0 Å². The van der Waals surface area contributed by atoms with Gasteiger partial charge in [0.15, 0.2) is 0 Å². The summed E-state index contributed by atoms with van der Waals surface area (Å²) < 4.78 is 37.2. The normalized spacial score (nSPS) is 20.1. The van der Waals surface area contributed by atoms with E-state index in [2.05, 4.69) is 11.4 Å². The van der Waals surface area contributed by atoms with E-state index < -0.39 is 18.3 Å². The maximum absolute atomic E-state index is 12.4. The molecule has 0 aromatic carbocycles. The summed E-state index contributed by atoms with van der Waals surface area (Å²) >= 11 is 0. The van der Waals surface area contributed by atoms with Crippen LogP contribution in [-0.4, -0.2) is 42.3 Å². The minimum atomic E-state index is -4.20. The van der Waals surface area contributed by atoms with E-state index in [1.807, 2.05) is 6.92 Å². The van der Waals surface area contributed by atoms with Gasteiger partial charge in [0.1, 0.15) is 5.54 Å². The first-order valence-electron chi connectivity index (χ1n) is 5.77.